The molecule has 0 radical (unpaired) electrons. The Hall–Kier alpha value is -1.35. The fraction of sp³-hybridized carbons (Fsp3) is 0.400. The van der Waals surface area contributed by atoms with Crippen molar-refractivity contribution in [1.82, 2.24) is 9.55 Å². The lowest BCUT2D eigenvalue weighted by atomic mass is 10.0. The molecule has 1 aromatic heterocycles. The van der Waals surface area contributed by atoms with Gasteiger partial charge in [0.25, 0.3) is 0 Å². The van der Waals surface area contributed by atoms with Gasteiger partial charge in [0.1, 0.15) is 0 Å². The molecule has 1 N–H and O–H groups in total. The maximum atomic E-state index is 5.44. The summed E-state index contributed by atoms with van der Waals surface area (Å²) in [5.41, 5.74) is 2.39. The van der Waals surface area contributed by atoms with Gasteiger partial charge >= 0.3 is 0 Å². The second-order valence-electron chi connectivity index (χ2n) is 4.93. The first-order valence-corrected chi connectivity index (χ1v) is 6.91. The van der Waals surface area contributed by atoms with E-state index in [1.807, 2.05) is 12.3 Å². The number of benzene rings is 1. The van der Waals surface area contributed by atoms with Crippen molar-refractivity contribution in [3.8, 4) is 11.3 Å². The van der Waals surface area contributed by atoms with Crippen LogP contribution in [0.4, 0.5) is 0 Å². The van der Waals surface area contributed by atoms with Gasteiger partial charge < -0.3 is 9.55 Å². The van der Waals surface area contributed by atoms with Crippen molar-refractivity contribution < 1.29 is 0 Å². The Morgan fingerprint density at radius 3 is 2.44 bits per heavy atom. The summed E-state index contributed by atoms with van der Waals surface area (Å²) in [4.78, 5) is 3.18. The van der Waals surface area contributed by atoms with Gasteiger partial charge in [0, 0.05) is 12.2 Å². The van der Waals surface area contributed by atoms with Gasteiger partial charge in [-0.15, -0.1) is 0 Å². The number of nitrogens with zero attached hydrogens (tertiary/aromatic N) is 1. The van der Waals surface area contributed by atoms with Crippen LogP contribution in [0.1, 0.15) is 33.2 Å². The monoisotopic (exact) mass is 260 g/mol. The molecule has 0 bridgehead atoms. The Labute approximate surface area is 114 Å². The van der Waals surface area contributed by atoms with Crippen LogP contribution in [-0.4, -0.2) is 9.55 Å². The minimum absolute atomic E-state index is 0.443. The van der Waals surface area contributed by atoms with Gasteiger partial charge in [0.2, 0.25) is 0 Å². The lowest BCUT2D eigenvalue weighted by Gasteiger charge is -2.23. The number of aromatic amines is 1. The SMILES string of the molecule is CCC(C(C)C)n1c(-c2ccccc2)c[nH]c1=S. The van der Waals surface area contributed by atoms with Crippen molar-refractivity contribution in [2.45, 2.75) is 33.2 Å². The largest absolute Gasteiger partial charge is 0.337 e. The molecule has 1 atom stereocenters. The Morgan fingerprint density at radius 1 is 1.22 bits per heavy atom. The van der Waals surface area contributed by atoms with Crippen LogP contribution in [0, 0.1) is 10.7 Å². The first-order valence-electron chi connectivity index (χ1n) is 6.50. The molecule has 0 saturated carbocycles. The molecule has 0 amide bonds. The zero-order valence-electron chi connectivity index (χ0n) is 11.2. The van der Waals surface area contributed by atoms with E-state index in [2.05, 4.69) is 54.6 Å². The van der Waals surface area contributed by atoms with E-state index in [1.54, 1.807) is 0 Å². The molecule has 96 valence electrons. The highest BCUT2D eigenvalue weighted by atomic mass is 32.1. The average molecular weight is 260 g/mol. The van der Waals surface area contributed by atoms with Crippen LogP contribution in [0.15, 0.2) is 36.5 Å². The third-order valence-electron chi connectivity index (χ3n) is 3.40. The molecule has 0 aliphatic rings. The molecule has 1 unspecified atom stereocenters. The van der Waals surface area contributed by atoms with Crippen LogP contribution in [0.2, 0.25) is 0 Å². The summed E-state index contributed by atoms with van der Waals surface area (Å²) < 4.78 is 3.07. The van der Waals surface area contributed by atoms with Crippen molar-refractivity contribution in [3.05, 3.63) is 41.3 Å². The molecule has 1 aromatic carbocycles. The molecule has 0 fully saturated rings. The fourth-order valence-corrected chi connectivity index (χ4v) is 2.78. The highest BCUT2D eigenvalue weighted by molar-refractivity contribution is 7.71. The highest BCUT2D eigenvalue weighted by Gasteiger charge is 2.18. The Morgan fingerprint density at radius 2 is 1.89 bits per heavy atom. The number of hydrogen-bond donors (Lipinski definition) is 1. The van der Waals surface area contributed by atoms with E-state index >= 15 is 0 Å². The van der Waals surface area contributed by atoms with Gasteiger partial charge in [0.05, 0.1) is 5.69 Å². The molecule has 2 rings (SSSR count). The van der Waals surface area contributed by atoms with Crippen molar-refractivity contribution >= 4 is 12.2 Å². The fourth-order valence-electron chi connectivity index (χ4n) is 2.49. The topological polar surface area (TPSA) is 20.7 Å². The minimum Gasteiger partial charge on any atom is -0.337 e. The Balaban J connectivity index is 2.55. The van der Waals surface area contributed by atoms with Crippen LogP contribution in [-0.2, 0) is 0 Å². The molecule has 3 heteroatoms. The second kappa shape index (κ2) is 5.53. The van der Waals surface area contributed by atoms with Crippen molar-refractivity contribution in [1.29, 1.82) is 0 Å². The third-order valence-corrected chi connectivity index (χ3v) is 3.71. The van der Waals surface area contributed by atoms with E-state index < -0.39 is 0 Å². The number of aromatic nitrogens is 2. The van der Waals surface area contributed by atoms with Gasteiger partial charge in [-0.1, -0.05) is 51.1 Å². The Kier molecular flexibility index (Phi) is 4.02. The standard InChI is InChI=1S/C15H20N2S/c1-4-13(11(2)3)17-14(10-16-15(17)18)12-8-6-5-7-9-12/h5-11,13H,4H2,1-3H3,(H,16,18). The second-order valence-corrected chi connectivity index (χ2v) is 5.32. The van der Waals surface area contributed by atoms with Crippen LogP contribution >= 0.6 is 12.2 Å². The summed E-state index contributed by atoms with van der Waals surface area (Å²) in [6.07, 6.45) is 3.10. The minimum atomic E-state index is 0.443. The Bertz CT molecular complexity index is 551. The molecule has 18 heavy (non-hydrogen) atoms. The van der Waals surface area contributed by atoms with E-state index in [-0.39, 0.29) is 0 Å². The summed E-state index contributed by atoms with van der Waals surface area (Å²) in [5, 5.41) is 0. The molecule has 2 nitrogen and oxygen atoms in total. The van der Waals surface area contributed by atoms with E-state index in [0.29, 0.717) is 12.0 Å². The third kappa shape index (κ3) is 2.41. The van der Waals surface area contributed by atoms with Crippen LogP contribution in [0.3, 0.4) is 0 Å². The van der Waals surface area contributed by atoms with Crippen molar-refractivity contribution in [3.63, 3.8) is 0 Å². The van der Waals surface area contributed by atoms with E-state index in [9.17, 15) is 0 Å². The molecular formula is C15H20N2S. The van der Waals surface area contributed by atoms with Gasteiger partial charge in [-0.3, -0.25) is 0 Å². The maximum Gasteiger partial charge on any atom is 0.177 e. The molecular weight excluding hydrogens is 240 g/mol. The van der Waals surface area contributed by atoms with Crippen LogP contribution < -0.4 is 0 Å². The van der Waals surface area contributed by atoms with E-state index in [0.717, 1.165) is 11.2 Å². The van der Waals surface area contributed by atoms with Gasteiger partial charge in [-0.25, -0.2) is 0 Å². The molecule has 1 heterocycles. The molecule has 0 saturated heterocycles. The first kappa shape index (κ1) is 13.1. The number of rotatable bonds is 4. The highest BCUT2D eigenvalue weighted by Crippen LogP contribution is 2.29. The quantitative estimate of drug-likeness (QED) is 0.782. The zero-order valence-corrected chi connectivity index (χ0v) is 12.0. The number of nitrogens with one attached hydrogen (secondary N) is 1. The van der Waals surface area contributed by atoms with Gasteiger partial charge in [-0.05, 0) is 30.1 Å². The molecule has 2 aromatic rings. The predicted molar refractivity (Wildman–Crippen MR) is 79.2 cm³/mol. The summed E-state index contributed by atoms with van der Waals surface area (Å²) in [6, 6.07) is 10.9. The molecule has 0 aliphatic carbocycles. The smallest absolute Gasteiger partial charge is 0.177 e. The molecule has 0 aliphatic heterocycles. The van der Waals surface area contributed by atoms with Gasteiger partial charge in [0.15, 0.2) is 4.77 Å². The van der Waals surface area contributed by atoms with Crippen molar-refractivity contribution in [2.24, 2.45) is 5.92 Å². The van der Waals surface area contributed by atoms with Crippen molar-refractivity contribution in [2.75, 3.05) is 0 Å². The summed E-state index contributed by atoms with van der Waals surface area (Å²) in [5.74, 6) is 0.569. The normalized spacial score (nSPS) is 12.9. The summed E-state index contributed by atoms with van der Waals surface area (Å²) in [6.45, 7) is 6.71. The van der Waals surface area contributed by atoms with Gasteiger partial charge in [-0.2, -0.15) is 0 Å². The lowest BCUT2D eigenvalue weighted by Crippen LogP contribution is -2.15. The summed E-state index contributed by atoms with van der Waals surface area (Å²) >= 11 is 5.44. The lowest BCUT2D eigenvalue weighted by molar-refractivity contribution is 0.365. The number of imidazole rings is 1. The molecule has 0 spiro atoms. The van der Waals surface area contributed by atoms with E-state index in [4.69, 9.17) is 12.2 Å². The van der Waals surface area contributed by atoms with E-state index in [1.165, 1.54) is 11.3 Å². The first-order chi connectivity index (χ1) is 8.65. The number of hydrogen-bond acceptors (Lipinski definition) is 1. The van der Waals surface area contributed by atoms with Crippen LogP contribution in [0.25, 0.3) is 11.3 Å². The summed E-state index contributed by atoms with van der Waals surface area (Å²) in [7, 11) is 0. The zero-order chi connectivity index (χ0) is 13.1. The maximum absolute atomic E-state index is 5.44. The average Bonchev–Trinajstić information content (AvgIpc) is 2.74. The van der Waals surface area contributed by atoms with Crippen LogP contribution in [0.5, 0.6) is 0 Å². The predicted octanol–water partition coefficient (Wildman–Crippen LogP) is 4.82. The number of H-pyrrole nitrogens is 1.